The summed E-state index contributed by atoms with van der Waals surface area (Å²) in [7, 11) is -3.19. The fourth-order valence-electron chi connectivity index (χ4n) is 4.90. The Bertz CT molecular complexity index is 1090. The first-order valence-electron chi connectivity index (χ1n) is 16.2. The van der Waals surface area contributed by atoms with Gasteiger partial charge in [0.25, 0.3) is 0 Å². The van der Waals surface area contributed by atoms with Crippen LogP contribution in [-0.4, -0.2) is 31.1 Å². The highest BCUT2D eigenvalue weighted by Crippen LogP contribution is 2.22. The summed E-state index contributed by atoms with van der Waals surface area (Å²) in [5.41, 5.74) is 9.11. The van der Waals surface area contributed by atoms with Crippen molar-refractivity contribution in [3.8, 4) is 0 Å². The zero-order valence-electron chi connectivity index (χ0n) is 28.7. The van der Waals surface area contributed by atoms with Gasteiger partial charge in [0, 0.05) is 0 Å². The molecule has 0 aromatic carbocycles. The van der Waals surface area contributed by atoms with E-state index in [4.69, 9.17) is 5.11 Å². The Morgan fingerprint density at radius 2 is 0.952 bits per heavy atom. The smallest absolute Gasteiger partial charge is 0.157 e. The first-order chi connectivity index (χ1) is 19.8. The summed E-state index contributed by atoms with van der Waals surface area (Å²) in [4.78, 5) is 0. The molecular formula is C38H64O3S. The van der Waals surface area contributed by atoms with Crippen molar-refractivity contribution < 1.29 is 13.5 Å². The van der Waals surface area contributed by atoms with Gasteiger partial charge in [-0.25, -0.2) is 8.42 Å². The van der Waals surface area contributed by atoms with Crippen molar-refractivity contribution in [2.24, 2.45) is 0 Å². The van der Waals surface area contributed by atoms with E-state index in [1.165, 1.54) is 27.9 Å². The van der Waals surface area contributed by atoms with Crippen LogP contribution in [0.2, 0.25) is 0 Å². The molecule has 3 nitrogen and oxygen atoms in total. The van der Waals surface area contributed by atoms with Crippen LogP contribution in [0.5, 0.6) is 0 Å². The van der Waals surface area contributed by atoms with Crippen molar-refractivity contribution in [2.75, 3.05) is 12.4 Å². The van der Waals surface area contributed by atoms with Gasteiger partial charge in [-0.2, -0.15) is 0 Å². The average molecular weight is 601 g/mol. The lowest BCUT2D eigenvalue weighted by Crippen LogP contribution is -2.25. The largest absolute Gasteiger partial charge is 0.392 e. The number of hydrogen-bond acceptors (Lipinski definition) is 3. The highest BCUT2D eigenvalue weighted by Gasteiger charge is 2.25. The van der Waals surface area contributed by atoms with Gasteiger partial charge < -0.3 is 5.11 Å². The molecule has 0 spiro atoms. The first kappa shape index (κ1) is 40.1. The first-order valence-corrected chi connectivity index (χ1v) is 17.9. The van der Waals surface area contributed by atoms with Crippen LogP contribution in [0.4, 0.5) is 0 Å². The molecule has 0 fully saturated rings. The molecule has 0 aliphatic carbocycles. The van der Waals surface area contributed by atoms with Crippen molar-refractivity contribution >= 4 is 9.84 Å². The van der Waals surface area contributed by atoms with Crippen molar-refractivity contribution in [1.29, 1.82) is 0 Å². The number of aliphatic hydroxyl groups is 1. The predicted molar refractivity (Wildman–Crippen MR) is 188 cm³/mol. The predicted octanol–water partition coefficient (Wildman–Crippen LogP) is 11.1. The van der Waals surface area contributed by atoms with E-state index >= 15 is 0 Å². The lowest BCUT2D eigenvalue weighted by molar-refractivity contribution is 0.341. The van der Waals surface area contributed by atoms with Gasteiger partial charge in [-0.3, -0.25) is 0 Å². The number of hydrogen-bond donors (Lipinski definition) is 1. The normalized spacial score (nSPS) is 15.3. The summed E-state index contributed by atoms with van der Waals surface area (Å²) >= 11 is 0. The highest BCUT2D eigenvalue weighted by atomic mass is 32.2. The Morgan fingerprint density at radius 1 is 0.571 bits per heavy atom. The minimum Gasteiger partial charge on any atom is -0.392 e. The third kappa shape index (κ3) is 20.9. The van der Waals surface area contributed by atoms with Gasteiger partial charge in [-0.05, 0) is 132 Å². The minimum absolute atomic E-state index is 0.0487. The summed E-state index contributed by atoms with van der Waals surface area (Å²) in [5.74, 6) is 0.224. The number of aliphatic hydroxyl groups excluding tert-OH is 1. The molecule has 42 heavy (non-hydrogen) atoms. The van der Waals surface area contributed by atoms with Gasteiger partial charge in [0.15, 0.2) is 9.84 Å². The maximum Gasteiger partial charge on any atom is 0.157 e. The molecular weight excluding hydrogens is 536 g/mol. The molecule has 0 aliphatic heterocycles. The monoisotopic (exact) mass is 600 g/mol. The zero-order chi connectivity index (χ0) is 32.0. The van der Waals surface area contributed by atoms with Gasteiger partial charge in [0.1, 0.15) is 0 Å². The molecule has 1 atom stereocenters. The third-order valence-electron chi connectivity index (χ3n) is 7.74. The lowest BCUT2D eigenvalue weighted by Gasteiger charge is -2.17. The molecule has 0 rings (SSSR count). The molecule has 0 amide bonds. The molecule has 0 bridgehead atoms. The molecule has 0 heterocycles. The van der Waals surface area contributed by atoms with Crippen LogP contribution in [0.25, 0.3) is 0 Å². The molecule has 0 saturated carbocycles. The number of allylic oxidation sites excluding steroid dienone is 12. The summed E-state index contributed by atoms with van der Waals surface area (Å²) in [6.45, 7) is 19.1. The van der Waals surface area contributed by atoms with Crippen molar-refractivity contribution in [3.63, 3.8) is 0 Å². The quantitative estimate of drug-likeness (QED) is 0.126. The van der Waals surface area contributed by atoms with E-state index in [9.17, 15) is 8.42 Å². The maximum atomic E-state index is 13.0. The molecule has 4 heteroatoms. The van der Waals surface area contributed by atoms with Gasteiger partial charge in [0.2, 0.25) is 0 Å². The van der Waals surface area contributed by atoms with Gasteiger partial charge >= 0.3 is 0 Å². The molecule has 1 N–H and O–H groups in total. The second kappa shape index (κ2) is 23.5. The van der Waals surface area contributed by atoms with Crippen molar-refractivity contribution in [2.45, 2.75) is 145 Å². The van der Waals surface area contributed by atoms with E-state index in [-0.39, 0.29) is 12.4 Å². The van der Waals surface area contributed by atoms with Crippen LogP contribution in [-0.2, 0) is 9.84 Å². The second-order valence-corrected chi connectivity index (χ2v) is 14.8. The topological polar surface area (TPSA) is 54.4 Å². The Morgan fingerprint density at radius 3 is 1.36 bits per heavy atom. The van der Waals surface area contributed by atoms with Gasteiger partial charge in [0.05, 0.1) is 17.6 Å². The Kier molecular flexibility index (Phi) is 22.5. The molecule has 240 valence electrons. The number of rotatable bonds is 22. The van der Waals surface area contributed by atoms with Crippen LogP contribution in [0.3, 0.4) is 0 Å². The van der Waals surface area contributed by atoms with E-state index < -0.39 is 15.1 Å². The highest BCUT2D eigenvalue weighted by molar-refractivity contribution is 7.92. The van der Waals surface area contributed by atoms with E-state index in [2.05, 4.69) is 78.0 Å². The lowest BCUT2D eigenvalue weighted by atomic mass is 10.0. The van der Waals surface area contributed by atoms with Crippen LogP contribution in [0.1, 0.15) is 139 Å². The Hall–Kier alpha value is -1.91. The second-order valence-electron chi connectivity index (χ2n) is 12.4. The SMILES string of the molecule is CCCS(=O)(=O)C(C/C=C(\C)CC/C=C(\C)CCC=C(C)CCC=C(C)CCC=C(C)C)C(C)=CCC/C(C)=C/CO. The van der Waals surface area contributed by atoms with E-state index in [0.717, 1.165) is 75.4 Å². The van der Waals surface area contributed by atoms with Crippen molar-refractivity contribution in [3.05, 3.63) is 81.5 Å². The van der Waals surface area contributed by atoms with E-state index in [1.54, 1.807) is 0 Å². The molecule has 0 saturated heterocycles. The molecule has 0 aliphatic rings. The average Bonchev–Trinajstić information content (AvgIpc) is 2.88. The number of sulfone groups is 1. The molecule has 0 aromatic heterocycles. The Labute approximate surface area is 261 Å². The summed E-state index contributed by atoms with van der Waals surface area (Å²) in [5, 5.41) is 8.60. The fourth-order valence-corrected chi connectivity index (χ4v) is 6.81. The standard InChI is InChI=1S/C38H64O3S/c1-10-30-42(40,41)38(37(9)25-15-24-36(8)28-29-39)27-26-35(7)23-14-22-34(6)21-13-20-33(5)19-12-18-32(4)17-11-16-31(2)3/h16,18,20,22,25-26,28,38-39H,10-15,17,19,21,23-24,27,29-30H2,1-9H3/b32-18?,33-20?,34-22+,35-26+,36-28+,37-25?. The summed E-state index contributed by atoms with van der Waals surface area (Å²) in [6.07, 6.45) is 27.0. The van der Waals surface area contributed by atoms with Gasteiger partial charge in [-0.1, -0.05) is 88.5 Å². The summed E-state index contributed by atoms with van der Waals surface area (Å²) < 4.78 is 26.1. The van der Waals surface area contributed by atoms with Crippen LogP contribution in [0.15, 0.2) is 81.5 Å². The van der Waals surface area contributed by atoms with E-state index in [0.29, 0.717) is 12.8 Å². The van der Waals surface area contributed by atoms with Crippen LogP contribution < -0.4 is 0 Å². The van der Waals surface area contributed by atoms with Gasteiger partial charge in [-0.15, -0.1) is 0 Å². The van der Waals surface area contributed by atoms with Crippen LogP contribution in [0, 0.1) is 0 Å². The molecule has 0 radical (unpaired) electrons. The Balaban J connectivity index is 4.83. The third-order valence-corrected chi connectivity index (χ3v) is 10.1. The van der Waals surface area contributed by atoms with E-state index in [1.807, 2.05) is 26.8 Å². The summed E-state index contributed by atoms with van der Waals surface area (Å²) in [6, 6.07) is 0. The zero-order valence-corrected chi connectivity index (χ0v) is 29.5. The van der Waals surface area contributed by atoms with Crippen molar-refractivity contribution in [1.82, 2.24) is 0 Å². The fraction of sp³-hybridized carbons (Fsp3) is 0.632. The molecule has 1 unspecified atom stereocenters. The minimum atomic E-state index is -3.19. The molecule has 0 aromatic rings. The van der Waals surface area contributed by atoms with Crippen LogP contribution >= 0.6 is 0 Å². The maximum absolute atomic E-state index is 13.0.